The number of benzene rings is 2. The van der Waals surface area contributed by atoms with E-state index in [0.717, 1.165) is 17.0 Å². The van der Waals surface area contributed by atoms with Gasteiger partial charge in [0.15, 0.2) is 0 Å². The number of nitrogens with zero attached hydrogens (tertiary/aromatic N) is 2. The van der Waals surface area contributed by atoms with Crippen LogP contribution < -0.4 is 15.5 Å². The van der Waals surface area contributed by atoms with Crippen molar-refractivity contribution in [3.05, 3.63) is 70.9 Å². The third-order valence-corrected chi connectivity index (χ3v) is 6.34. The van der Waals surface area contributed by atoms with E-state index < -0.39 is 30.2 Å². The molecule has 2 amide bonds. The summed E-state index contributed by atoms with van der Waals surface area (Å²) >= 11 is 0. The Morgan fingerprint density at radius 3 is 2.31 bits per heavy atom. The van der Waals surface area contributed by atoms with Crippen molar-refractivity contribution in [2.75, 3.05) is 11.9 Å². The normalized spacial score (nSPS) is 13.7. The highest BCUT2D eigenvalue weighted by atomic mass is 19.4. The molecule has 3 rings (SSSR count). The highest BCUT2D eigenvalue weighted by Crippen LogP contribution is 2.36. The lowest BCUT2D eigenvalue weighted by Crippen LogP contribution is -2.44. The Kier molecular flexibility index (Phi) is 9.21. The third kappa shape index (κ3) is 7.47. The lowest BCUT2D eigenvalue weighted by atomic mass is 10.0. The first-order valence-corrected chi connectivity index (χ1v) is 12.1. The Bertz CT molecular complexity index is 1330. The summed E-state index contributed by atoms with van der Waals surface area (Å²) in [7, 11) is 1.66. The van der Waals surface area contributed by atoms with E-state index >= 15 is 0 Å². The van der Waals surface area contributed by atoms with E-state index in [4.69, 9.17) is 0 Å². The standard InChI is InChI=1S/C27H28F6N4O2/c1-16(35-25(39)17(2)34-3)8-9-18-6-4-5-7-23(18)37(15-38)14-19-12-24(27(31,32)33)36-22-11-10-20(13-21(19)22)26(28,29)30/h4-7,10-13,15-17,34H,8-9,14H2,1-3H3,(H,35,39). The number of likely N-dealkylation sites (N-methyl/N-ethyl adjacent to an activating group) is 1. The molecule has 0 aliphatic carbocycles. The number of halogens is 6. The summed E-state index contributed by atoms with van der Waals surface area (Å²) < 4.78 is 80.7. The summed E-state index contributed by atoms with van der Waals surface area (Å²) in [6.07, 6.45) is -8.23. The van der Waals surface area contributed by atoms with Crippen molar-refractivity contribution in [2.24, 2.45) is 0 Å². The Balaban J connectivity index is 1.95. The zero-order chi connectivity index (χ0) is 29.0. The predicted molar refractivity (Wildman–Crippen MR) is 135 cm³/mol. The van der Waals surface area contributed by atoms with E-state index in [1.54, 1.807) is 38.2 Å². The van der Waals surface area contributed by atoms with Crippen LogP contribution in [0.25, 0.3) is 10.9 Å². The van der Waals surface area contributed by atoms with Gasteiger partial charge in [-0.2, -0.15) is 26.3 Å². The fraction of sp³-hybridized carbons (Fsp3) is 0.370. The zero-order valence-corrected chi connectivity index (χ0v) is 21.5. The molecule has 0 aliphatic heterocycles. The van der Waals surface area contributed by atoms with E-state index in [0.29, 0.717) is 42.6 Å². The van der Waals surface area contributed by atoms with Crippen molar-refractivity contribution in [1.29, 1.82) is 0 Å². The molecule has 2 atom stereocenters. The minimum Gasteiger partial charge on any atom is -0.352 e. The molecule has 0 saturated heterocycles. The number of amides is 2. The molecule has 0 radical (unpaired) electrons. The Hall–Kier alpha value is -3.67. The van der Waals surface area contributed by atoms with E-state index in [1.165, 1.54) is 0 Å². The number of alkyl halides is 6. The first-order valence-electron chi connectivity index (χ1n) is 12.1. The van der Waals surface area contributed by atoms with Gasteiger partial charge >= 0.3 is 12.4 Å². The maximum absolute atomic E-state index is 13.6. The number of nitrogens with one attached hydrogen (secondary N) is 2. The summed E-state index contributed by atoms with van der Waals surface area (Å²) in [6.45, 7) is 3.11. The molecule has 1 heterocycles. The van der Waals surface area contributed by atoms with Gasteiger partial charge in [0.1, 0.15) is 5.69 Å². The Morgan fingerprint density at radius 1 is 1.00 bits per heavy atom. The van der Waals surface area contributed by atoms with Gasteiger partial charge in [0.25, 0.3) is 0 Å². The summed E-state index contributed by atoms with van der Waals surface area (Å²) in [5.74, 6) is -0.184. The van der Waals surface area contributed by atoms with Crippen LogP contribution in [-0.4, -0.2) is 36.4 Å². The number of pyridine rings is 1. The van der Waals surface area contributed by atoms with Gasteiger partial charge in [-0.15, -0.1) is 0 Å². The lowest BCUT2D eigenvalue weighted by molar-refractivity contribution is -0.141. The average molecular weight is 555 g/mol. The second kappa shape index (κ2) is 12.0. The third-order valence-electron chi connectivity index (χ3n) is 6.34. The number of fused-ring (bicyclic) bond motifs is 1. The second-order valence-electron chi connectivity index (χ2n) is 9.21. The number of aryl methyl sites for hydroxylation is 1. The highest BCUT2D eigenvalue weighted by Gasteiger charge is 2.35. The minimum absolute atomic E-state index is 0.137. The van der Waals surface area contributed by atoms with E-state index in [1.807, 2.05) is 6.92 Å². The number of para-hydroxylation sites is 1. The van der Waals surface area contributed by atoms with Crippen LogP contribution in [0.15, 0.2) is 48.5 Å². The first-order chi connectivity index (χ1) is 18.2. The average Bonchev–Trinajstić information content (AvgIpc) is 2.88. The molecular formula is C27H28F6N4O2. The van der Waals surface area contributed by atoms with Crippen molar-refractivity contribution in [3.63, 3.8) is 0 Å². The van der Waals surface area contributed by atoms with Gasteiger partial charge in [-0.05, 0) is 75.2 Å². The highest BCUT2D eigenvalue weighted by molar-refractivity contribution is 5.85. The summed E-state index contributed by atoms with van der Waals surface area (Å²) in [4.78, 5) is 28.9. The van der Waals surface area contributed by atoms with Crippen molar-refractivity contribution >= 4 is 28.9 Å². The van der Waals surface area contributed by atoms with Gasteiger partial charge in [-0.1, -0.05) is 18.2 Å². The molecule has 2 unspecified atom stereocenters. The topological polar surface area (TPSA) is 74.3 Å². The fourth-order valence-electron chi connectivity index (χ4n) is 4.06. The van der Waals surface area contributed by atoms with Gasteiger partial charge < -0.3 is 15.5 Å². The first kappa shape index (κ1) is 29.9. The van der Waals surface area contributed by atoms with Crippen molar-refractivity contribution in [2.45, 2.75) is 57.7 Å². The van der Waals surface area contributed by atoms with E-state index in [9.17, 15) is 35.9 Å². The van der Waals surface area contributed by atoms with Crippen LogP contribution in [0.2, 0.25) is 0 Å². The molecule has 6 nitrogen and oxygen atoms in total. The number of anilines is 1. The molecule has 0 fully saturated rings. The summed E-state index contributed by atoms with van der Waals surface area (Å²) in [5, 5.41) is 5.57. The molecule has 39 heavy (non-hydrogen) atoms. The van der Waals surface area contributed by atoms with E-state index in [-0.39, 0.29) is 34.5 Å². The van der Waals surface area contributed by atoms with Gasteiger partial charge in [0.05, 0.1) is 23.7 Å². The van der Waals surface area contributed by atoms with Crippen LogP contribution in [-0.2, 0) is 34.9 Å². The molecule has 2 N–H and O–H groups in total. The molecule has 1 aromatic heterocycles. The number of rotatable bonds is 10. The molecule has 0 aliphatic rings. The molecule has 0 bridgehead atoms. The Labute approximate surface area is 221 Å². The quantitative estimate of drug-likeness (QED) is 0.257. The molecule has 210 valence electrons. The predicted octanol–water partition coefficient (Wildman–Crippen LogP) is 5.48. The summed E-state index contributed by atoms with van der Waals surface area (Å²) in [6, 6.07) is 9.08. The van der Waals surface area contributed by atoms with Crippen LogP contribution >= 0.6 is 0 Å². The van der Waals surface area contributed by atoms with Crippen LogP contribution in [0.3, 0.4) is 0 Å². The maximum atomic E-state index is 13.6. The number of carbonyl (C=O) groups is 2. The molecule has 0 saturated carbocycles. The molecule has 12 heteroatoms. The summed E-state index contributed by atoms with van der Waals surface area (Å²) in [5.41, 5.74) is -1.66. The van der Waals surface area contributed by atoms with Gasteiger partial charge in [-0.3, -0.25) is 9.59 Å². The van der Waals surface area contributed by atoms with Crippen molar-refractivity contribution < 1.29 is 35.9 Å². The molecule has 2 aromatic carbocycles. The van der Waals surface area contributed by atoms with Crippen LogP contribution in [0.1, 0.15) is 42.7 Å². The second-order valence-corrected chi connectivity index (χ2v) is 9.21. The number of hydrogen-bond acceptors (Lipinski definition) is 4. The van der Waals surface area contributed by atoms with Gasteiger partial charge in [-0.25, -0.2) is 4.98 Å². The van der Waals surface area contributed by atoms with Gasteiger partial charge in [0, 0.05) is 17.1 Å². The van der Waals surface area contributed by atoms with Gasteiger partial charge in [0.2, 0.25) is 12.3 Å². The van der Waals surface area contributed by atoms with Crippen molar-refractivity contribution in [1.82, 2.24) is 15.6 Å². The SMILES string of the molecule is CNC(C)C(=O)NC(C)CCc1ccccc1N(C=O)Cc1cc(C(F)(F)F)nc2ccc(C(F)(F)F)cc12. The van der Waals surface area contributed by atoms with E-state index in [2.05, 4.69) is 15.6 Å². The molecule has 3 aromatic rings. The van der Waals surface area contributed by atoms with Crippen LogP contribution in [0.5, 0.6) is 0 Å². The monoisotopic (exact) mass is 554 g/mol. The molecule has 0 spiro atoms. The maximum Gasteiger partial charge on any atom is 0.433 e. The molecular weight excluding hydrogens is 526 g/mol. The Morgan fingerprint density at radius 2 is 1.69 bits per heavy atom. The van der Waals surface area contributed by atoms with Crippen molar-refractivity contribution in [3.8, 4) is 0 Å². The zero-order valence-electron chi connectivity index (χ0n) is 21.5. The minimum atomic E-state index is -4.85. The fourth-order valence-corrected chi connectivity index (χ4v) is 4.06. The number of carbonyl (C=O) groups excluding carboxylic acids is 2. The smallest absolute Gasteiger partial charge is 0.352 e. The lowest BCUT2D eigenvalue weighted by Gasteiger charge is -2.23. The van der Waals surface area contributed by atoms with Crippen LogP contribution in [0.4, 0.5) is 32.0 Å². The number of hydrogen-bond donors (Lipinski definition) is 2. The largest absolute Gasteiger partial charge is 0.433 e. The number of aromatic nitrogens is 1. The van der Waals surface area contributed by atoms with Crippen LogP contribution in [0, 0.1) is 0 Å².